The molecular formula is C26H21NO2S2. The SMILES string of the molecule is Cc1ccc(S(=O)(=O)Nc2ccccc2SCC#Cc2cccc3ccccc23)cc1. The van der Waals surface area contributed by atoms with Gasteiger partial charge in [0.2, 0.25) is 0 Å². The molecule has 0 aliphatic rings. The molecule has 0 saturated heterocycles. The number of nitrogens with one attached hydrogen (secondary N) is 1. The van der Waals surface area contributed by atoms with Gasteiger partial charge >= 0.3 is 0 Å². The van der Waals surface area contributed by atoms with Crippen LogP contribution in [0.2, 0.25) is 0 Å². The minimum atomic E-state index is -3.65. The monoisotopic (exact) mass is 443 g/mol. The van der Waals surface area contributed by atoms with Crippen molar-refractivity contribution in [2.45, 2.75) is 16.7 Å². The van der Waals surface area contributed by atoms with Crippen LogP contribution in [0, 0.1) is 18.8 Å². The van der Waals surface area contributed by atoms with E-state index in [1.165, 1.54) is 11.8 Å². The van der Waals surface area contributed by atoms with Crippen molar-refractivity contribution >= 4 is 38.2 Å². The highest BCUT2D eigenvalue weighted by atomic mass is 32.2. The van der Waals surface area contributed by atoms with E-state index in [9.17, 15) is 8.42 Å². The number of para-hydroxylation sites is 1. The molecule has 0 aromatic heterocycles. The molecule has 5 heteroatoms. The van der Waals surface area contributed by atoms with Gasteiger partial charge in [-0.3, -0.25) is 4.72 Å². The molecule has 0 bridgehead atoms. The topological polar surface area (TPSA) is 46.2 Å². The Morgan fingerprint density at radius 2 is 1.55 bits per heavy atom. The lowest BCUT2D eigenvalue weighted by atomic mass is 10.1. The molecule has 0 fully saturated rings. The zero-order valence-corrected chi connectivity index (χ0v) is 18.6. The molecule has 0 atom stereocenters. The Morgan fingerprint density at radius 1 is 0.839 bits per heavy atom. The summed E-state index contributed by atoms with van der Waals surface area (Å²) in [5, 5.41) is 2.30. The molecule has 31 heavy (non-hydrogen) atoms. The molecule has 0 heterocycles. The van der Waals surface area contributed by atoms with Crippen molar-refractivity contribution in [2.75, 3.05) is 10.5 Å². The maximum Gasteiger partial charge on any atom is 0.261 e. The summed E-state index contributed by atoms with van der Waals surface area (Å²) < 4.78 is 28.2. The minimum Gasteiger partial charge on any atom is -0.278 e. The average molecular weight is 444 g/mol. The highest BCUT2D eigenvalue weighted by molar-refractivity contribution is 7.99. The van der Waals surface area contributed by atoms with Crippen molar-refractivity contribution in [3.8, 4) is 11.8 Å². The highest BCUT2D eigenvalue weighted by Gasteiger charge is 2.15. The van der Waals surface area contributed by atoms with Crippen LogP contribution >= 0.6 is 11.8 Å². The summed E-state index contributed by atoms with van der Waals surface area (Å²) in [5.74, 6) is 7.00. The van der Waals surface area contributed by atoms with Gasteiger partial charge in [0, 0.05) is 10.5 Å². The predicted octanol–water partition coefficient (Wildman–Crippen LogP) is 6.09. The fourth-order valence-corrected chi connectivity index (χ4v) is 5.07. The van der Waals surface area contributed by atoms with E-state index in [-0.39, 0.29) is 4.90 Å². The molecule has 1 N–H and O–H groups in total. The summed E-state index contributed by atoms with van der Waals surface area (Å²) >= 11 is 1.51. The summed E-state index contributed by atoms with van der Waals surface area (Å²) in [6, 6.07) is 28.5. The second-order valence-corrected chi connectivity index (χ2v) is 9.73. The van der Waals surface area contributed by atoms with Crippen LogP contribution in [0.4, 0.5) is 5.69 Å². The average Bonchev–Trinajstić information content (AvgIpc) is 2.78. The predicted molar refractivity (Wildman–Crippen MR) is 130 cm³/mol. The lowest BCUT2D eigenvalue weighted by molar-refractivity contribution is 0.601. The molecule has 4 rings (SSSR count). The standard InChI is InChI=1S/C26H21NO2S2/c1-20-15-17-23(18-16-20)31(28,29)27-25-13-4-5-14-26(25)30-19-7-11-22-10-6-9-21-8-2-3-12-24(21)22/h2-6,8-10,12-18,27H,19H2,1H3. The Labute approximate surface area is 187 Å². The first-order valence-corrected chi connectivity index (χ1v) is 12.3. The van der Waals surface area contributed by atoms with E-state index < -0.39 is 10.0 Å². The molecule has 0 spiro atoms. The zero-order chi connectivity index (χ0) is 21.7. The van der Waals surface area contributed by atoms with Crippen LogP contribution in [-0.4, -0.2) is 14.2 Å². The first-order chi connectivity index (χ1) is 15.0. The Hall–Kier alpha value is -3.20. The quantitative estimate of drug-likeness (QED) is 0.300. The van der Waals surface area contributed by atoms with E-state index in [1.54, 1.807) is 30.3 Å². The first kappa shape index (κ1) is 21.0. The Morgan fingerprint density at radius 3 is 2.39 bits per heavy atom. The summed E-state index contributed by atoms with van der Waals surface area (Å²) in [5.41, 5.74) is 2.56. The molecule has 3 nitrogen and oxygen atoms in total. The number of aryl methyl sites for hydroxylation is 1. The summed E-state index contributed by atoms with van der Waals surface area (Å²) in [6.07, 6.45) is 0. The lowest BCUT2D eigenvalue weighted by Gasteiger charge is -2.11. The van der Waals surface area contributed by atoms with Gasteiger partial charge in [-0.05, 0) is 48.0 Å². The third-order valence-corrected chi connectivity index (χ3v) is 7.11. The lowest BCUT2D eigenvalue weighted by Crippen LogP contribution is -2.13. The number of sulfonamides is 1. The molecule has 4 aromatic carbocycles. The van der Waals surface area contributed by atoms with E-state index in [0.717, 1.165) is 26.8 Å². The van der Waals surface area contributed by atoms with Gasteiger partial charge in [0.05, 0.1) is 16.3 Å². The molecule has 0 amide bonds. The third kappa shape index (κ3) is 5.11. The van der Waals surface area contributed by atoms with Crippen LogP contribution in [0.25, 0.3) is 10.8 Å². The number of thioether (sulfide) groups is 1. The minimum absolute atomic E-state index is 0.244. The second kappa shape index (κ2) is 9.30. The van der Waals surface area contributed by atoms with Crippen LogP contribution < -0.4 is 4.72 Å². The van der Waals surface area contributed by atoms with Gasteiger partial charge < -0.3 is 0 Å². The van der Waals surface area contributed by atoms with Crippen LogP contribution in [0.3, 0.4) is 0 Å². The Balaban J connectivity index is 1.50. The fraction of sp³-hybridized carbons (Fsp3) is 0.0769. The number of fused-ring (bicyclic) bond motifs is 1. The molecule has 154 valence electrons. The van der Waals surface area contributed by atoms with Gasteiger partial charge in [-0.25, -0.2) is 8.42 Å². The van der Waals surface area contributed by atoms with E-state index in [0.29, 0.717) is 11.4 Å². The van der Waals surface area contributed by atoms with Crippen LogP contribution in [0.5, 0.6) is 0 Å². The number of rotatable bonds is 5. The first-order valence-electron chi connectivity index (χ1n) is 9.81. The smallest absolute Gasteiger partial charge is 0.261 e. The van der Waals surface area contributed by atoms with Crippen LogP contribution in [0.1, 0.15) is 11.1 Å². The van der Waals surface area contributed by atoms with Gasteiger partial charge in [-0.1, -0.05) is 78.1 Å². The van der Waals surface area contributed by atoms with E-state index in [1.807, 2.05) is 49.4 Å². The Kier molecular flexibility index (Phi) is 6.31. The third-order valence-electron chi connectivity index (χ3n) is 4.78. The van der Waals surface area contributed by atoms with Crippen molar-refractivity contribution in [3.05, 3.63) is 102 Å². The fourth-order valence-electron chi connectivity index (χ4n) is 3.18. The number of hydrogen-bond acceptors (Lipinski definition) is 3. The van der Waals surface area contributed by atoms with Gasteiger partial charge in [0.25, 0.3) is 10.0 Å². The largest absolute Gasteiger partial charge is 0.278 e. The maximum absolute atomic E-state index is 12.8. The highest BCUT2D eigenvalue weighted by Crippen LogP contribution is 2.29. The molecule has 0 aliphatic heterocycles. The summed E-state index contributed by atoms with van der Waals surface area (Å²) in [4.78, 5) is 1.08. The van der Waals surface area contributed by atoms with E-state index >= 15 is 0 Å². The number of anilines is 1. The second-order valence-electron chi connectivity index (χ2n) is 7.03. The van der Waals surface area contributed by atoms with Gasteiger partial charge in [0.1, 0.15) is 0 Å². The van der Waals surface area contributed by atoms with Gasteiger partial charge in [-0.2, -0.15) is 0 Å². The number of hydrogen-bond donors (Lipinski definition) is 1. The molecular weight excluding hydrogens is 422 g/mol. The van der Waals surface area contributed by atoms with Gasteiger partial charge in [0.15, 0.2) is 0 Å². The van der Waals surface area contributed by atoms with E-state index in [2.05, 4.69) is 34.8 Å². The molecule has 0 radical (unpaired) electrons. The summed E-state index contributed by atoms with van der Waals surface area (Å²) in [6.45, 7) is 1.93. The van der Waals surface area contributed by atoms with Crippen molar-refractivity contribution in [3.63, 3.8) is 0 Å². The Bertz CT molecular complexity index is 1380. The maximum atomic E-state index is 12.8. The van der Waals surface area contributed by atoms with Crippen molar-refractivity contribution in [1.82, 2.24) is 0 Å². The van der Waals surface area contributed by atoms with Crippen molar-refractivity contribution in [1.29, 1.82) is 0 Å². The normalized spacial score (nSPS) is 11.0. The van der Waals surface area contributed by atoms with Crippen molar-refractivity contribution < 1.29 is 8.42 Å². The number of benzene rings is 4. The molecule has 0 aliphatic carbocycles. The van der Waals surface area contributed by atoms with Gasteiger partial charge in [-0.15, -0.1) is 11.8 Å². The molecule has 0 unspecified atom stereocenters. The summed E-state index contributed by atoms with van der Waals surface area (Å²) in [7, 11) is -3.65. The molecule has 0 saturated carbocycles. The van der Waals surface area contributed by atoms with Crippen molar-refractivity contribution in [2.24, 2.45) is 0 Å². The van der Waals surface area contributed by atoms with Crippen LogP contribution in [0.15, 0.2) is 101 Å². The zero-order valence-electron chi connectivity index (χ0n) is 17.0. The van der Waals surface area contributed by atoms with Crippen LogP contribution in [-0.2, 0) is 10.0 Å². The molecule has 4 aromatic rings. The van der Waals surface area contributed by atoms with E-state index in [4.69, 9.17) is 0 Å².